The van der Waals surface area contributed by atoms with E-state index in [9.17, 15) is 9.00 Å². The summed E-state index contributed by atoms with van der Waals surface area (Å²) >= 11 is 1.37. The van der Waals surface area contributed by atoms with Gasteiger partial charge in [0.15, 0.2) is 0 Å². The van der Waals surface area contributed by atoms with E-state index in [0.29, 0.717) is 40.8 Å². The Morgan fingerprint density at radius 1 is 1.37 bits per heavy atom. The van der Waals surface area contributed by atoms with E-state index >= 15 is 0 Å². The standard InChI is InChI=1S/C18H29N5O2S2/c1-3-8-23(9-4-2)18(24)13-10-15-14(22-16(20)11-13)12-17(26-15)27(25)21-7-5-6-19/h10,12,21H,3-9,11,19H2,1-2H3,(H2,20,22). The van der Waals surface area contributed by atoms with E-state index in [4.69, 9.17) is 11.5 Å². The lowest BCUT2D eigenvalue weighted by Crippen LogP contribution is -2.34. The fraction of sp³-hybridized carbons (Fsp3) is 0.556. The summed E-state index contributed by atoms with van der Waals surface area (Å²) in [6, 6.07) is 1.78. The molecule has 1 aromatic heterocycles. The van der Waals surface area contributed by atoms with Crippen LogP contribution in [0.5, 0.6) is 0 Å². The van der Waals surface area contributed by atoms with Gasteiger partial charge in [-0.25, -0.2) is 13.9 Å². The molecule has 0 bridgehead atoms. The number of rotatable bonds is 10. The normalized spacial score (nSPS) is 14.8. The van der Waals surface area contributed by atoms with E-state index in [1.54, 1.807) is 6.07 Å². The Balaban J connectivity index is 2.26. The van der Waals surface area contributed by atoms with Crippen molar-refractivity contribution in [2.75, 3.05) is 26.2 Å². The Hall–Kier alpha value is -1.55. The Morgan fingerprint density at radius 2 is 2.07 bits per heavy atom. The van der Waals surface area contributed by atoms with Crippen LogP contribution in [-0.2, 0) is 15.8 Å². The maximum Gasteiger partial charge on any atom is 0.250 e. The average molecular weight is 412 g/mol. The van der Waals surface area contributed by atoms with Crippen molar-refractivity contribution in [3.05, 3.63) is 16.5 Å². The monoisotopic (exact) mass is 411 g/mol. The second-order valence-electron chi connectivity index (χ2n) is 6.36. The number of hydrogen-bond donors (Lipinski definition) is 3. The fourth-order valence-corrected chi connectivity index (χ4v) is 5.02. The second-order valence-corrected chi connectivity index (χ2v) is 8.97. The summed E-state index contributed by atoms with van der Waals surface area (Å²) in [5, 5.41) is 0. The molecule has 0 aromatic carbocycles. The van der Waals surface area contributed by atoms with Gasteiger partial charge in [-0.2, -0.15) is 0 Å². The number of carbonyl (C=O) groups is 1. The van der Waals surface area contributed by atoms with Gasteiger partial charge in [0.25, 0.3) is 0 Å². The molecule has 1 aliphatic rings. The maximum atomic E-state index is 13.0. The number of amides is 1. The molecule has 1 amide bonds. The zero-order chi connectivity index (χ0) is 19.8. The number of carbonyl (C=O) groups excluding carboxylic acids is 1. The van der Waals surface area contributed by atoms with Crippen molar-refractivity contribution in [1.29, 1.82) is 0 Å². The lowest BCUT2D eigenvalue weighted by atomic mass is 10.1. The lowest BCUT2D eigenvalue weighted by molar-refractivity contribution is -0.127. The Morgan fingerprint density at radius 3 is 2.70 bits per heavy atom. The highest BCUT2D eigenvalue weighted by atomic mass is 32.2. The van der Waals surface area contributed by atoms with Crippen molar-refractivity contribution >= 4 is 45.8 Å². The lowest BCUT2D eigenvalue weighted by Gasteiger charge is -2.22. The van der Waals surface area contributed by atoms with Gasteiger partial charge in [0.05, 0.1) is 10.6 Å². The SMILES string of the molecule is CCCN(CCC)C(=O)C1=Cc2sc(S(=O)NCCCN)cc2N=C(N)C1. The highest BCUT2D eigenvalue weighted by Crippen LogP contribution is 2.36. The topological polar surface area (TPSA) is 114 Å². The summed E-state index contributed by atoms with van der Waals surface area (Å²) < 4.78 is 16.0. The number of hydrogen-bond acceptors (Lipinski definition) is 6. The van der Waals surface area contributed by atoms with Gasteiger partial charge in [-0.1, -0.05) is 13.8 Å². The van der Waals surface area contributed by atoms with E-state index in [-0.39, 0.29) is 5.91 Å². The average Bonchev–Trinajstić information content (AvgIpc) is 2.95. The second kappa shape index (κ2) is 10.7. The van der Waals surface area contributed by atoms with Gasteiger partial charge in [0.2, 0.25) is 5.91 Å². The van der Waals surface area contributed by atoms with E-state index in [2.05, 4.69) is 23.6 Å². The largest absolute Gasteiger partial charge is 0.387 e. The van der Waals surface area contributed by atoms with Crippen LogP contribution in [0.3, 0.4) is 0 Å². The van der Waals surface area contributed by atoms with Crippen LogP contribution in [0.25, 0.3) is 6.08 Å². The zero-order valence-corrected chi connectivity index (χ0v) is 17.6. The van der Waals surface area contributed by atoms with Crippen molar-refractivity contribution in [3.63, 3.8) is 0 Å². The summed E-state index contributed by atoms with van der Waals surface area (Å²) in [5.74, 6) is 0.398. The first-order chi connectivity index (χ1) is 13.0. The molecule has 7 nitrogen and oxygen atoms in total. The van der Waals surface area contributed by atoms with Gasteiger partial charge in [-0.3, -0.25) is 4.79 Å². The van der Waals surface area contributed by atoms with Crippen molar-refractivity contribution in [3.8, 4) is 0 Å². The van der Waals surface area contributed by atoms with Crippen LogP contribution in [0.4, 0.5) is 5.69 Å². The van der Waals surface area contributed by atoms with Crippen LogP contribution in [0.15, 0.2) is 20.8 Å². The molecular weight excluding hydrogens is 382 g/mol. The summed E-state index contributed by atoms with van der Waals surface area (Å²) in [5.41, 5.74) is 12.8. The van der Waals surface area contributed by atoms with Crippen molar-refractivity contribution < 1.29 is 9.00 Å². The first-order valence-corrected chi connectivity index (χ1v) is 11.3. The molecular formula is C18H29N5O2S2. The molecule has 1 atom stereocenters. The number of nitrogens with zero attached hydrogens (tertiary/aromatic N) is 2. The van der Waals surface area contributed by atoms with E-state index in [1.165, 1.54) is 11.3 Å². The Labute approximate surface area is 167 Å². The third-order valence-corrected chi connectivity index (χ3v) is 6.52. The number of nitrogens with two attached hydrogens (primary N) is 2. The summed E-state index contributed by atoms with van der Waals surface area (Å²) in [6.45, 7) is 6.69. The number of nitrogens with one attached hydrogen (secondary N) is 1. The first kappa shape index (κ1) is 21.7. The van der Waals surface area contributed by atoms with Crippen LogP contribution >= 0.6 is 11.3 Å². The summed E-state index contributed by atoms with van der Waals surface area (Å²) in [6.07, 6.45) is 4.75. The van der Waals surface area contributed by atoms with Gasteiger partial charge >= 0.3 is 0 Å². The molecule has 9 heteroatoms. The number of amidine groups is 1. The van der Waals surface area contributed by atoms with Crippen LogP contribution in [-0.4, -0.2) is 47.0 Å². The molecule has 2 rings (SSSR count). The highest BCUT2D eigenvalue weighted by molar-refractivity contribution is 7.85. The van der Waals surface area contributed by atoms with Crippen molar-refractivity contribution in [2.45, 2.75) is 43.7 Å². The predicted molar refractivity (Wildman–Crippen MR) is 113 cm³/mol. The van der Waals surface area contributed by atoms with Crippen molar-refractivity contribution in [1.82, 2.24) is 9.62 Å². The van der Waals surface area contributed by atoms with Crippen LogP contribution in [0.2, 0.25) is 0 Å². The molecule has 150 valence electrons. The van der Waals surface area contributed by atoms with Gasteiger partial charge in [0.1, 0.15) is 21.0 Å². The van der Waals surface area contributed by atoms with Gasteiger partial charge in [-0.15, -0.1) is 11.3 Å². The van der Waals surface area contributed by atoms with Gasteiger partial charge in [-0.05, 0) is 37.9 Å². The molecule has 5 N–H and O–H groups in total. The predicted octanol–water partition coefficient (Wildman–Crippen LogP) is 2.13. The molecule has 0 saturated heterocycles. The molecule has 1 unspecified atom stereocenters. The smallest absolute Gasteiger partial charge is 0.250 e. The van der Waals surface area contributed by atoms with Crippen LogP contribution < -0.4 is 16.2 Å². The van der Waals surface area contributed by atoms with Gasteiger partial charge in [0, 0.05) is 31.6 Å². The minimum Gasteiger partial charge on any atom is -0.387 e. The molecule has 27 heavy (non-hydrogen) atoms. The minimum atomic E-state index is -1.33. The number of aliphatic imine (C=N–C) groups is 1. The summed E-state index contributed by atoms with van der Waals surface area (Å²) in [4.78, 5) is 20.1. The number of fused-ring (bicyclic) bond motifs is 1. The Kier molecular flexibility index (Phi) is 8.62. The minimum absolute atomic E-state index is 0.00171. The van der Waals surface area contributed by atoms with Gasteiger partial charge < -0.3 is 16.4 Å². The van der Waals surface area contributed by atoms with E-state index in [0.717, 1.165) is 37.2 Å². The molecule has 2 heterocycles. The molecule has 1 aromatic rings. The molecule has 0 spiro atoms. The molecule has 0 aliphatic carbocycles. The Bertz CT molecular complexity index is 736. The first-order valence-electron chi connectivity index (χ1n) is 9.32. The fourth-order valence-electron chi connectivity index (χ4n) is 2.79. The van der Waals surface area contributed by atoms with Crippen LogP contribution in [0.1, 0.15) is 44.4 Å². The quantitative estimate of drug-likeness (QED) is 0.512. The molecule has 1 aliphatic heterocycles. The highest BCUT2D eigenvalue weighted by Gasteiger charge is 2.22. The van der Waals surface area contributed by atoms with E-state index < -0.39 is 11.0 Å². The molecule has 0 fully saturated rings. The van der Waals surface area contributed by atoms with Crippen LogP contribution in [0, 0.1) is 0 Å². The zero-order valence-electron chi connectivity index (χ0n) is 16.0. The van der Waals surface area contributed by atoms with E-state index in [1.807, 2.05) is 11.0 Å². The maximum absolute atomic E-state index is 13.0. The third-order valence-electron chi connectivity index (χ3n) is 4.00. The summed E-state index contributed by atoms with van der Waals surface area (Å²) in [7, 11) is -1.33. The molecule has 0 saturated carbocycles. The molecule has 0 radical (unpaired) electrons. The third kappa shape index (κ3) is 5.97. The van der Waals surface area contributed by atoms with Crippen molar-refractivity contribution in [2.24, 2.45) is 16.5 Å². The number of thiophene rings is 1.